The summed E-state index contributed by atoms with van der Waals surface area (Å²) < 4.78 is 7.12. The van der Waals surface area contributed by atoms with Crippen LogP contribution in [0.25, 0.3) is 28.0 Å². The van der Waals surface area contributed by atoms with E-state index in [1.54, 1.807) is 17.3 Å². The van der Waals surface area contributed by atoms with Gasteiger partial charge in [0, 0.05) is 48.3 Å². The van der Waals surface area contributed by atoms with Crippen LogP contribution in [0.2, 0.25) is 0 Å². The van der Waals surface area contributed by atoms with Gasteiger partial charge in [0.05, 0.1) is 29.8 Å². The van der Waals surface area contributed by atoms with Crippen molar-refractivity contribution < 1.29 is 19.4 Å². The van der Waals surface area contributed by atoms with Crippen molar-refractivity contribution in [3.63, 3.8) is 0 Å². The van der Waals surface area contributed by atoms with Crippen molar-refractivity contribution in [2.24, 2.45) is 0 Å². The molecule has 3 aromatic heterocycles. The third kappa shape index (κ3) is 4.40. The smallest absolute Gasteiger partial charge is 0.251 e. The van der Waals surface area contributed by atoms with Crippen molar-refractivity contribution in [2.75, 3.05) is 25.4 Å². The number of aromatic nitrogens is 4. The molecule has 2 aliphatic heterocycles. The molecular formula is C29H30N6O4. The summed E-state index contributed by atoms with van der Waals surface area (Å²) in [7, 11) is 0. The van der Waals surface area contributed by atoms with Gasteiger partial charge in [-0.25, -0.2) is 4.98 Å². The van der Waals surface area contributed by atoms with Crippen LogP contribution in [0.1, 0.15) is 54.2 Å². The maximum atomic E-state index is 12.7. The number of carbonyl (C=O) groups excluding carboxylic acids is 2. The van der Waals surface area contributed by atoms with E-state index >= 15 is 0 Å². The van der Waals surface area contributed by atoms with E-state index in [2.05, 4.69) is 11.2 Å². The highest BCUT2D eigenvalue weighted by molar-refractivity contribution is 6.00. The normalized spacial score (nSPS) is 16.2. The highest BCUT2D eigenvalue weighted by atomic mass is 16.5. The number of likely N-dealkylation sites (tertiary alicyclic amines) is 1. The zero-order valence-corrected chi connectivity index (χ0v) is 21.9. The van der Waals surface area contributed by atoms with Crippen LogP contribution in [0, 0.1) is 0 Å². The van der Waals surface area contributed by atoms with Gasteiger partial charge in [-0.3, -0.25) is 14.6 Å². The molecule has 10 heteroatoms. The maximum Gasteiger partial charge on any atom is 0.251 e. The summed E-state index contributed by atoms with van der Waals surface area (Å²) in [5, 5.41) is 14.1. The first-order valence-corrected chi connectivity index (χ1v) is 13.2. The van der Waals surface area contributed by atoms with Gasteiger partial charge in [0.2, 0.25) is 0 Å². The predicted octanol–water partition coefficient (Wildman–Crippen LogP) is 3.26. The van der Waals surface area contributed by atoms with Crippen molar-refractivity contribution in [1.82, 2.24) is 24.5 Å². The zero-order valence-electron chi connectivity index (χ0n) is 21.9. The zero-order chi connectivity index (χ0) is 27.3. The Hall–Kier alpha value is -4.31. The Morgan fingerprint density at radius 3 is 2.59 bits per heavy atom. The second-order valence-electron chi connectivity index (χ2n) is 10.2. The third-order valence-electron chi connectivity index (χ3n) is 7.67. The molecule has 0 spiro atoms. The Bertz CT molecular complexity index is 1590. The number of hydrogen-bond acceptors (Lipinski definition) is 8. The Kier molecular flexibility index (Phi) is 6.26. The topological polar surface area (TPSA) is 136 Å². The molecule has 1 amide bonds. The average Bonchev–Trinajstić information content (AvgIpc) is 3.59. The quantitative estimate of drug-likeness (QED) is 0.378. The fourth-order valence-corrected chi connectivity index (χ4v) is 5.60. The number of aliphatic hydroxyl groups is 1. The van der Waals surface area contributed by atoms with Gasteiger partial charge in [-0.2, -0.15) is 9.61 Å². The van der Waals surface area contributed by atoms with Crippen LogP contribution in [0.15, 0.2) is 42.7 Å². The number of fused-ring (bicyclic) bond motifs is 2. The Morgan fingerprint density at radius 2 is 1.90 bits per heavy atom. The first-order chi connectivity index (χ1) is 18.8. The van der Waals surface area contributed by atoms with Crippen molar-refractivity contribution >= 4 is 23.2 Å². The average molecular weight is 527 g/mol. The second-order valence-corrected chi connectivity index (χ2v) is 10.2. The number of nitrogens with two attached hydrogens (primary N) is 1. The molecule has 3 N–H and O–H groups in total. The molecule has 1 aromatic carbocycles. The number of ether oxygens (including phenoxy) is 1. The molecule has 1 fully saturated rings. The number of amides is 1. The predicted molar refractivity (Wildman–Crippen MR) is 146 cm³/mol. The van der Waals surface area contributed by atoms with Crippen molar-refractivity contribution in [2.45, 2.75) is 45.1 Å². The number of aliphatic hydroxyl groups excluding tert-OH is 1. The molecule has 10 nitrogen and oxygen atoms in total. The fourth-order valence-electron chi connectivity index (χ4n) is 5.60. The van der Waals surface area contributed by atoms with E-state index in [-0.39, 0.29) is 23.4 Å². The molecule has 2 aliphatic rings. The molecule has 1 atom stereocenters. The van der Waals surface area contributed by atoms with Crippen LogP contribution in [-0.2, 0) is 11.2 Å². The van der Waals surface area contributed by atoms with Gasteiger partial charge in [-0.05, 0) is 56.5 Å². The van der Waals surface area contributed by atoms with Crippen LogP contribution in [0.4, 0.5) is 5.82 Å². The first-order valence-electron chi connectivity index (χ1n) is 13.2. The first kappa shape index (κ1) is 25.0. The van der Waals surface area contributed by atoms with Gasteiger partial charge in [-0.1, -0.05) is 6.07 Å². The lowest BCUT2D eigenvalue weighted by Gasteiger charge is -2.33. The molecule has 0 bridgehead atoms. The summed E-state index contributed by atoms with van der Waals surface area (Å²) in [6, 6.07) is 10.1. The number of pyridine rings is 1. The molecule has 0 aliphatic carbocycles. The second kappa shape index (κ2) is 9.77. The van der Waals surface area contributed by atoms with Gasteiger partial charge in [0.1, 0.15) is 17.7 Å². The standard InChI is InChI=1S/C29H30N6O4/c1-16(36)25-26(18-7-10-34(11-8-18)29(38)17(2)37)33-28-22(15-32-35(28)27(25)30)21-3-5-23(31-14-21)19-4-6-24-20(13-19)9-12-39-24/h3-6,13-15,17-18,37H,7-12,30H2,1-2H3/t17-/m1/s1. The van der Waals surface area contributed by atoms with Crippen LogP contribution in [0.5, 0.6) is 5.75 Å². The van der Waals surface area contributed by atoms with E-state index in [0.717, 1.165) is 34.6 Å². The molecular weight excluding hydrogens is 496 g/mol. The van der Waals surface area contributed by atoms with E-state index in [4.69, 9.17) is 20.4 Å². The molecule has 1 saturated heterocycles. The number of anilines is 1. The van der Waals surface area contributed by atoms with Crippen LogP contribution < -0.4 is 10.5 Å². The van der Waals surface area contributed by atoms with Gasteiger partial charge in [0.25, 0.3) is 5.91 Å². The van der Waals surface area contributed by atoms with E-state index in [0.29, 0.717) is 49.4 Å². The lowest BCUT2D eigenvalue weighted by atomic mass is 9.89. The number of rotatable bonds is 5. The van der Waals surface area contributed by atoms with Gasteiger partial charge in [-0.15, -0.1) is 0 Å². The fraction of sp³-hybridized carbons (Fsp3) is 0.345. The number of ketones is 1. The number of Topliss-reactive ketones (excluding diaryl/α,β-unsaturated/α-hetero) is 1. The number of carbonyl (C=O) groups is 2. The van der Waals surface area contributed by atoms with Gasteiger partial charge in [0.15, 0.2) is 11.4 Å². The highest BCUT2D eigenvalue weighted by Gasteiger charge is 2.31. The SMILES string of the molecule is CC(=O)c1c(C2CCN(C(=O)[C@@H](C)O)CC2)nc2c(-c3ccc(-c4ccc5c(c4)CCO5)nc3)cnn2c1N. The van der Waals surface area contributed by atoms with Gasteiger partial charge < -0.3 is 20.5 Å². The summed E-state index contributed by atoms with van der Waals surface area (Å²) in [6.07, 6.45) is 4.59. The van der Waals surface area contributed by atoms with Crippen molar-refractivity contribution in [3.8, 4) is 28.1 Å². The maximum absolute atomic E-state index is 12.7. The summed E-state index contributed by atoms with van der Waals surface area (Å²) in [5.41, 5.74) is 12.7. The number of nitrogens with zero attached hydrogens (tertiary/aromatic N) is 5. The molecule has 200 valence electrons. The van der Waals surface area contributed by atoms with Crippen LogP contribution >= 0.6 is 0 Å². The van der Waals surface area contributed by atoms with E-state index < -0.39 is 6.10 Å². The minimum Gasteiger partial charge on any atom is -0.493 e. The third-order valence-corrected chi connectivity index (χ3v) is 7.67. The van der Waals surface area contributed by atoms with Crippen molar-refractivity contribution in [1.29, 1.82) is 0 Å². The summed E-state index contributed by atoms with van der Waals surface area (Å²) in [5.74, 6) is 0.668. The van der Waals surface area contributed by atoms with Crippen LogP contribution in [0.3, 0.4) is 0 Å². The minimum absolute atomic E-state index is 0.0544. The Morgan fingerprint density at radius 1 is 1.13 bits per heavy atom. The summed E-state index contributed by atoms with van der Waals surface area (Å²) in [4.78, 5) is 36.2. The molecule has 4 aromatic rings. The minimum atomic E-state index is -1.04. The molecule has 39 heavy (non-hydrogen) atoms. The molecule has 5 heterocycles. The van der Waals surface area contributed by atoms with Crippen molar-refractivity contribution in [3.05, 3.63) is 59.5 Å². The van der Waals surface area contributed by atoms with E-state index in [1.165, 1.54) is 23.9 Å². The molecule has 6 rings (SSSR count). The Labute approximate surface area is 225 Å². The van der Waals surface area contributed by atoms with Crippen LogP contribution in [-0.4, -0.2) is 67.1 Å². The molecule has 0 radical (unpaired) electrons. The summed E-state index contributed by atoms with van der Waals surface area (Å²) in [6.45, 7) is 4.62. The number of nitrogen functional groups attached to an aromatic ring is 1. The Balaban J connectivity index is 1.34. The number of piperidine rings is 1. The molecule has 0 saturated carbocycles. The monoisotopic (exact) mass is 526 g/mol. The lowest BCUT2D eigenvalue weighted by Crippen LogP contribution is -2.42. The summed E-state index contributed by atoms with van der Waals surface area (Å²) >= 11 is 0. The van der Waals surface area contributed by atoms with E-state index in [9.17, 15) is 14.7 Å². The number of hydrogen-bond donors (Lipinski definition) is 2. The highest BCUT2D eigenvalue weighted by Crippen LogP contribution is 2.35. The number of benzene rings is 1. The van der Waals surface area contributed by atoms with Gasteiger partial charge >= 0.3 is 0 Å². The largest absolute Gasteiger partial charge is 0.493 e. The van der Waals surface area contributed by atoms with E-state index in [1.807, 2.05) is 24.3 Å². The lowest BCUT2D eigenvalue weighted by molar-refractivity contribution is -0.140. The molecule has 0 unspecified atom stereocenters.